The minimum atomic E-state index is -0.232. The van der Waals surface area contributed by atoms with Crippen LogP contribution in [0.3, 0.4) is 0 Å². The number of nitrogens with zero attached hydrogens (tertiary/aromatic N) is 3. The lowest BCUT2D eigenvalue weighted by Crippen LogP contribution is -2.48. The van der Waals surface area contributed by atoms with Crippen LogP contribution in [0.15, 0.2) is 4.99 Å². The molecule has 0 aromatic carbocycles. The van der Waals surface area contributed by atoms with E-state index in [2.05, 4.69) is 36.5 Å². The molecule has 2 unspecified atom stereocenters. The van der Waals surface area contributed by atoms with Crippen molar-refractivity contribution < 1.29 is 5.11 Å². The van der Waals surface area contributed by atoms with E-state index in [0.29, 0.717) is 6.54 Å². The van der Waals surface area contributed by atoms with Crippen LogP contribution >= 0.6 is 0 Å². The van der Waals surface area contributed by atoms with E-state index in [0.717, 1.165) is 49.7 Å². The van der Waals surface area contributed by atoms with E-state index < -0.39 is 0 Å². The van der Waals surface area contributed by atoms with Gasteiger partial charge in [0.2, 0.25) is 0 Å². The molecule has 6 heteroatoms. The molecular formula is C18H33N5O. The summed E-state index contributed by atoms with van der Waals surface area (Å²) in [7, 11) is 1.96. The summed E-state index contributed by atoms with van der Waals surface area (Å²) in [5.41, 5.74) is 3.29. The Balaban J connectivity index is 2.03. The molecule has 1 heterocycles. The van der Waals surface area contributed by atoms with E-state index in [-0.39, 0.29) is 11.5 Å². The zero-order valence-corrected chi connectivity index (χ0v) is 15.8. The van der Waals surface area contributed by atoms with Crippen molar-refractivity contribution >= 4 is 5.96 Å². The number of hydrogen-bond acceptors (Lipinski definition) is 3. The first-order valence-electron chi connectivity index (χ1n) is 9.06. The van der Waals surface area contributed by atoms with Gasteiger partial charge >= 0.3 is 0 Å². The molecule has 2 rings (SSSR count). The molecule has 1 aromatic rings. The number of hydrogen-bond donors (Lipinski definition) is 3. The van der Waals surface area contributed by atoms with E-state index in [9.17, 15) is 5.11 Å². The number of rotatable bonds is 5. The van der Waals surface area contributed by atoms with Crippen molar-refractivity contribution in [1.29, 1.82) is 0 Å². The third kappa shape index (κ3) is 4.29. The Hall–Kier alpha value is -1.56. The van der Waals surface area contributed by atoms with Crippen molar-refractivity contribution in [2.75, 3.05) is 13.1 Å². The van der Waals surface area contributed by atoms with Gasteiger partial charge in [-0.05, 0) is 33.6 Å². The van der Waals surface area contributed by atoms with Gasteiger partial charge in [-0.2, -0.15) is 5.10 Å². The zero-order valence-electron chi connectivity index (χ0n) is 15.8. The minimum absolute atomic E-state index is 0.0748. The second-order valence-electron chi connectivity index (χ2n) is 7.24. The lowest BCUT2D eigenvalue weighted by atomic mass is 9.73. The summed E-state index contributed by atoms with van der Waals surface area (Å²) < 4.78 is 1.90. The molecule has 1 aromatic heterocycles. The summed E-state index contributed by atoms with van der Waals surface area (Å²) in [6.45, 7) is 10.5. The topological polar surface area (TPSA) is 74.5 Å². The summed E-state index contributed by atoms with van der Waals surface area (Å²) in [6, 6.07) is 0. The van der Waals surface area contributed by atoms with E-state index in [1.54, 1.807) is 0 Å². The molecule has 0 amide bonds. The van der Waals surface area contributed by atoms with Crippen molar-refractivity contribution in [3.8, 4) is 0 Å². The molecule has 24 heavy (non-hydrogen) atoms. The number of aliphatic hydroxyl groups is 1. The van der Waals surface area contributed by atoms with Crippen molar-refractivity contribution in [1.82, 2.24) is 20.4 Å². The second kappa shape index (κ2) is 8.01. The van der Waals surface area contributed by atoms with Gasteiger partial charge in [-0.15, -0.1) is 0 Å². The maximum absolute atomic E-state index is 10.3. The lowest BCUT2D eigenvalue weighted by Gasteiger charge is -2.38. The van der Waals surface area contributed by atoms with E-state index in [4.69, 9.17) is 4.99 Å². The van der Waals surface area contributed by atoms with Crippen LogP contribution in [0.2, 0.25) is 0 Å². The molecule has 1 saturated carbocycles. The molecule has 0 saturated heterocycles. The van der Waals surface area contributed by atoms with E-state index in [1.807, 2.05) is 18.7 Å². The third-order valence-corrected chi connectivity index (χ3v) is 5.34. The van der Waals surface area contributed by atoms with Crippen LogP contribution in [0.5, 0.6) is 0 Å². The Labute approximate surface area is 145 Å². The highest BCUT2D eigenvalue weighted by molar-refractivity contribution is 5.79. The van der Waals surface area contributed by atoms with Crippen LogP contribution < -0.4 is 10.6 Å². The van der Waals surface area contributed by atoms with Gasteiger partial charge in [-0.1, -0.05) is 19.8 Å². The van der Waals surface area contributed by atoms with E-state index >= 15 is 0 Å². The predicted octanol–water partition coefficient (Wildman–Crippen LogP) is 2.03. The fourth-order valence-electron chi connectivity index (χ4n) is 3.42. The number of aromatic nitrogens is 2. The fourth-order valence-corrected chi connectivity index (χ4v) is 3.42. The first kappa shape index (κ1) is 18.8. The SMILES string of the molecule is CCNC(=NCc1c(C)nn(C)c1C)NCC1(C)CCCCC1O. The molecule has 1 fully saturated rings. The molecule has 136 valence electrons. The van der Waals surface area contributed by atoms with Crippen molar-refractivity contribution in [3.05, 3.63) is 17.0 Å². The fraction of sp³-hybridized carbons (Fsp3) is 0.778. The summed E-state index contributed by atoms with van der Waals surface area (Å²) in [4.78, 5) is 4.72. The largest absolute Gasteiger partial charge is 0.392 e. The second-order valence-corrected chi connectivity index (χ2v) is 7.24. The highest BCUT2D eigenvalue weighted by atomic mass is 16.3. The van der Waals surface area contributed by atoms with Crippen LogP contribution in [0.1, 0.15) is 56.5 Å². The normalized spacial score (nSPS) is 24.9. The Kier molecular flexibility index (Phi) is 6.27. The highest BCUT2D eigenvalue weighted by Gasteiger charge is 2.35. The first-order chi connectivity index (χ1) is 11.4. The van der Waals surface area contributed by atoms with Crippen LogP contribution in [-0.4, -0.2) is 40.0 Å². The average molecular weight is 335 g/mol. The molecule has 0 radical (unpaired) electrons. The van der Waals surface area contributed by atoms with Crippen molar-refractivity contribution in [2.45, 2.75) is 66.0 Å². The smallest absolute Gasteiger partial charge is 0.191 e. The molecule has 0 spiro atoms. The molecule has 3 N–H and O–H groups in total. The number of aliphatic imine (C=N–C) groups is 1. The number of aryl methyl sites for hydroxylation is 2. The number of aliphatic hydroxyl groups excluding tert-OH is 1. The Morgan fingerprint density at radius 2 is 2.12 bits per heavy atom. The van der Waals surface area contributed by atoms with Crippen LogP contribution in [0.25, 0.3) is 0 Å². The maximum atomic E-state index is 10.3. The van der Waals surface area contributed by atoms with Gasteiger partial charge in [0.25, 0.3) is 0 Å². The molecule has 2 atom stereocenters. The van der Waals surface area contributed by atoms with Crippen LogP contribution in [0.4, 0.5) is 0 Å². The van der Waals surface area contributed by atoms with Crippen LogP contribution in [0, 0.1) is 19.3 Å². The first-order valence-corrected chi connectivity index (χ1v) is 9.06. The molecule has 0 bridgehead atoms. The van der Waals surface area contributed by atoms with Crippen LogP contribution in [-0.2, 0) is 13.6 Å². The highest BCUT2D eigenvalue weighted by Crippen LogP contribution is 2.35. The van der Waals surface area contributed by atoms with Crippen molar-refractivity contribution in [3.63, 3.8) is 0 Å². The predicted molar refractivity (Wildman–Crippen MR) is 98.1 cm³/mol. The number of nitrogens with one attached hydrogen (secondary N) is 2. The third-order valence-electron chi connectivity index (χ3n) is 5.34. The Morgan fingerprint density at radius 3 is 2.71 bits per heavy atom. The Morgan fingerprint density at radius 1 is 1.38 bits per heavy atom. The van der Waals surface area contributed by atoms with E-state index in [1.165, 1.54) is 12.0 Å². The summed E-state index contributed by atoms with van der Waals surface area (Å²) >= 11 is 0. The molecule has 1 aliphatic rings. The van der Waals surface area contributed by atoms with Gasteiger partial charge in [0.1, 0.15) is 0 Å². The summed E-state index contributed by atoms with van der Waals surface area (Å²) in [5.74, 6) is 0.805. The van der Waals surface area contributed by atoms with Gasteiger partial charge in [-0.25, -0.2) is 4.99 Å². The quantitative estimate of drug-likeness (QED) is 0.569. The lowest BCUT2D eigenvalue weighted by molar-refractivity contribution is 0.00397. The standard InChI is InChI=1S/C18H33N5O/c1-6-19-17(20-11-15-13(2)22-23(5)14(15)3)21-12-18(4)10-8-7-9-16(18)24/h16,24H,6-12H2,1-5H3,(H2,19,20,21). The molecular weight excluding hydrogens is 302 g/mol. The zero-order chi connectivity index (χ0) is 17.7. The average Bonchev–Trinajstić information content (AvgIpc) is 2.78. The van der Waals surface area contributed by atoms with Gasteiger partial charge in [-0.3, -0.25) is 4.68 Å². The van der Waals surface area contributed by atoms with Gasteiger partial charge in [0, 0.05) is 36.8 Å². The van der Waals surface area contributed by atoms with Gasteiger partial charge < -0.3 is 15.7 Å². The maximum Gasteiger partial charge on any atom is 0.191 e. The number of guanidine groups is 1. The molecule has 1 aliphatic carbocycles. The minimum Gasteiger partial charge on any atom is -0.392 e. The van der Waals surface area contributed by atoms with Gasteiger partial charge in [0.15, 0.2) is 5.96 Å². The molecule has 0 aliphatic heterocycles. The molecule has 6 nitrogen and oxygen atoms in total. The van der Waals surface area contributed by atoms with Gasteiger partial charge in [0.05, 0.1) is 18.3 Å². The summed E-state index contributed by atoms with van der Waals surface area (Å²) in [5, 5.41) is 21.5. The summed E-state index contributed by atoms with van der Waals surface area (Å²) in [6.07, 6.45) is 4.05. The Bertz CT molecular complexity index is 580. The van der Waals surface area contributed by atoms with Crippen molar-refractivity contribution in [2.24, 2.45) is 17.5 Å². The monoisotopic (exact) mass is 335 g/mol.